The summed E-state index contributed by atoms with van der Waals surface area (Å²) in [5, 5.41) is 0. The maximum atomic E-state index is 12.2. The van der Waals surface area contributed by atoms with E-state index in [9.17, 15) is 9.59 Å². The average molecular weight is 395 g/mol. The van der Waals surface area contributed by atoms with E-state index in [0.717, 1.165) is 32.0 Å². The Hall–Kier alpha value is -0.660. The number of ketones is 1. The minimum absolute atomic E-state index is 0.189. The molecule has 0 spiro atoms. The van der Waals surface area contributed by atoms with Crippen molar-refractivity contribution >= 4 is 12.1 Å². The van der Waals surface area contributed by atoms with Crippen LogP contribution in [0.3, 0.4) is 0 Å². The van der Waals surface area contributed by atoms with Crippen LogP contribution in [0, 0.1) is 5.92 Å². The van der Waals surface area contributed by atoms with Crippen molar-refractivity contribution in [1.82, 2.24) is 0 Å². The summed E-state index contributed by atoms with van der Waals surface area (Å²) < 4.78 is 0. The van der Waals surface area contributed by atoms with Crippen LogP contribution in [-0.4, -0.2) is 12.1 Å². The van der Waals surface area contributed by atoms with Crippen molar-refractivity contribution in [1.29, 1.82) is 0 Å². The van der Waals surface area contributed by atoms with Gasteiger partial charge in [-0.1, -0.05) is 129 Å². The molecule has 0 aliphatic heterocycles. The molecule has 2 heteroatoms. The van der Waals surface area contributed by atoms with Crippen LogP contribution in [0.4, 0.5) is 0 Å². The van der Waals surface area contributed by atoms with Crippen LogP contribution in [0.2, 0.25) is 0 Å². The van der Waals surface area contributed by atoms with Gasteiger partial charge in [-0.2, -0.15) is 0 Å². The quantitative estimate of drug-likeness (QED) is 0.0987. The highest BCUT2D eigenvalue weighted by atomic mass is 16.1. The van der Waals surface area contributed by atoms with Gasteiger partial charge in [-0.25, -0.2) is 0 Å². The van der Waals surface area contributed by atoms with Crippen molar-refractivity contribution in [2.45, 2.75) is 149 Å². The number of hydrogen-bond donors (Lipinski definition) is 0. The van der Waals surface area contributed by atoms with Crippen LogP contribution in [0.1, 0.15) is 149 Å². The van der Waals surface area contributed by atoms with Gasteiger partial charge in [-0.3, -0.25) is 4.79 Å². The zero-order valence-corrected chi connectivity index (χ0v) is 19.3. The smallest absolute Gasteiger partial charge is 0.143 e. The lowest BCUT2D eigenvalue weighted by Gasteiger charge is -2.09. The minimum Gasteiger partial charge on any atom is -0.303 e. The van der Waals surface area contributed by atoms with Gasteiger partial charge in [-0.05, 0) is 12.8 Å². The lowest BCUT2D eigenvalue weighted by Crippen LogP contribution is -2.15. The maximum Gasteiger partial charge on any atom is 0.143 e. The van der Waals surface area contributed by atoms with Gasteiger partial charge in [0.25, 0.3) is 0 Å². The van der Waals surface area contributed by atoms with Gasteiger partial charge >= 0.3 is 0 Å². The first-order valence-electron chi connectivity index (χ1n) is 12.7. The largest absolute Gasteiger partial charge is 0.303 e. The van der Waals surface area contributed by atoms with E-state index < -0.39 is 0 Å². The SMILES string of the molecule is CCCCCCCCCCCCCC(=O)C(C=O)CCCCCCCCCC. The lowest BCUT2D eigenvalue weighted by molar-refractivity contribution is -0.127. The third-order valence-corrected chi connectivity index (χ3v) is 5.97. The number of rotatable bonds is 23. The molecular weight excluding hydrogens is 344 g/mol. The fraction of sp³-hybridized carbons (Fsp3) is 0.923. The van der Waals surface area contributed by atoms with Gasteiger partial charge in [0.2, 0.25) is 0 Å². The van der Waals surface area contributed by atoms with Crippen LogP contribution in [0.15, 0.2) is 0 Å². The van der Waals surface area contributed by atoms with Crippen molar-refractivity contribution < 1.29 is 9.59 Å². The van der Waals surface area contributed by atoms with Crippen LogP contribution < -0.4 is 0 Å². The standard InChI is InChI=1S/C26H50O2/c1-3-5-7-9-11-13-14-15-17-19-21-23-26(28)25(24-27)22-20-18-16-12-10-8-6-4-2/h24-25H,3-23H2,1-2H3. The third-order valence-electron chi connectivity index (χ3n) is 5.97. The Morgan fingerprint density at radius 3 is 1.32 bits per heavy atom. The molecule has 0 aliphatic rings. The van der Waals surface area contributed by atoms with Gasteiger partial charge < -0.3 is 4.79 Å². The molecule has 0 saturated carbocycles. The van der Waals surface area contributed by atoms with Gasteiger partial charge in [0.15, 0.2) is 0 Å². The second kappa shape index (κ2) is 22.6. The van der Waals surface area contributed by atoms with E-state index in [1.807, 2.05) is 0 Å². The van der Waals surface area contributed by atoms with E-state index in [2.05, 4.69) is 13.8 Å². The Kier molecular flexibility index (Phi) is 22.1. The van der Waals surface area contributed by atoms with Crippen LogP contribution in [-0.2, 0) is 9.59 Å². The summed E-state index contributed by atoms with van der Waals surface area (Å²) in [4.78, 5) is 23.5. The van der Waals surface area contributed by atoms with Gasteiger partial charge in [0.1, 0.15) is 12.1 Å². The van der Waals surface area contributed by atoms with E-state index in [1.54, 1.807) is 0 Å². The molecule has 0 radical (unpaired) electrons. The monoisotopic (exact) mass is 394 g/mol. The fourth-order valence-corrected chi connectivity index (χ4v) is 3.95. The summed E-state index contributed by atoms with van der Waals surface area (Å²) in [7, 11) is 0. The lowest BCUT2D eigenvalue weighted by atomic mass is 9.94. The molecule has 0 aromatic rings. The summed E-state index contributed by atoms with van der Waals surface area (Å²) in [5.41, 5.74) is 0. The van der Waals surface area contributed by atoms with Crippen LogP contribution >= 0.6 is 0 Å². The molecule has 0 aliphatic carbocycles. The van der Waals surface area contributed by atoms with Crippen molar-refractivity contribution in [3.63, 3.8) is 0 Å². The summed E-state index contributed by atoms with van der Waals surface area (Å²) >= 11 is 0. The van der Waals surface area contributed by atoms with Crippen molar-refractivity contribution in [2.75, 3.05) is 0 Å². The number of hydrogen-bond acceptors (Lipinski definition) is 2. The third kappa shape index (κ3) is 18.7. The van der Waals surface area contributed by atoms with Crippen molar-refractivity contribution in [3.8, 4) is 0 Å². The van der Waals surface area contributed by atoms with Gasteiger partial charge in [0, 0.05) is 6.42 Å². The second-order valence-electron chi connectivity index (χ2n) is 8.76. The zero-order chi connectivity index (χ0) is 20.7. The van der Waals surface area contributed by atoms with Crippen molar-refractivity contribution in [2.24, 2.45) is 5.92 Å². The van der Waals surface area contributed by atoms with E-state index in [1.165, 1.54) is 103 Å². The Labute approximate surface area is 176 Å². The molecule has 0 bridgehead atoms. The van der Waals surface area contributed by atoms with E-state index in [4.69, 9.17) is 0 Å². The molecule has 0 amide bonds. The molecule has 0 saturated heterocycles. The fourth-order valence-electron chi connectivity index (χ4n) is 3.95. The van der Waals surface area contributed by atoms with Crippen LogP contribution in [0.25, 0.3) is 0 Å². The molecule has 1 unspecified atom stereocenters. The highest BCUT2D eigenvalue weighted by Gasteiger charge is 2.16. The molecule has 0 fully saturated rings. The minimum atomic E-state index is -0.330. The second-order valence-corrected chi connectivity index (χ2v) is 8.76. The van der Waals surface area contributed by atoms with E-state index in [0.29, 0.717) is 6.42 Å². The Morgan fingerprint density at radius 2 is 0.929 bits per heavy atom. The molecule has 0 rings (SSSR count). The zero-order valence-electron chi connectivity index (χ0n) is 19.3. The summed E-state index contributed by atoms with van der Waals surface area (Å²) in [6.45, 7) is 4.51. The van der Waals surface area contributed by atoms with Gasteiger partial charge in [-0.15, -0.1) is 0 Å². The topological polar surface area (TPSA) is 34.1 Å². The highest BCUT2D eigenvalue weighted by molar-refractivity contribution is 5.93. The predicted octanol–water partition coefficient (Wildman–Crippen LogP) is 8.60. The number of carbonyl (C=O) groups excluding carboxylic acids is 2. The molecule has 0 heterocycles. The van der Waals surface area contributed by atoms with Gasteiger partial charge in [0.05, 0.1) is 5.92 Å². The van der Waals surface area contributed by atoms with Crippen LogP contribution in [0.5, 0.6) is 0 Å². The Morgan fingerprint density at radius 1 is 0.571 bits per heavy atom. The average Bonchev–Trinajstić information content (AvgIpc) is 2.70. The highest BCUT2D eigenvalue weighted by Crippen LogP contribution is 2.16. The first kappa shape index (κ1) is 27.3. The normalized spacial score (nSPS) is 12.2. The maximum absolute atomic E-state index is 12.2. The molecule has 166 valence electrons. The Bertz CT molecular complexity index is 337. The number of carbonyl (C=O) groups is 2. The molecular formula is C26H50O2. The summed E-state index contributed by atoms with van der Waals surface area (Å²) in [6.07, 6.45) is 26.6. The predicted molar refractivity (Wildman–Crippen MR) is 123 cm³/mol. The Balaban J connectivity index is 3.48. The number of unbranched alkanes of at least 4 members (excludes halogenated alkanes) is 17. The first-order chi connectivity index (χ1) is 13.8. The molecule has 0 aromatic carbocycles. The van der Waals surface area contributed by atoms with Crippen molar-refractivity contribution in [3.05, 3.63) is 0 Å². The molecule has 0 aromatic heterocycles. The number of aldehydes is 1. The summed E-state index contributed by atoms with van der Waals surface area (Å²) in [5.74, 6) is -0.142. The first-order valence-corrected chi connectivity index (χ1v) is 12.7. The molecule has 28 heavy (non-hydrogen) atoms. The molecule has 1 atom stereocenters. The van der Waals surface area contributed by atoms with E-state index >= 15 is 0 Å². The molecule has 0 N–H and O–H groups in total. The summed E-state index contributed by atoms with van der Waals surface area (Å²) in [6, 6.07) is 0. The van der Waals surface area contributed by atoms with E-state index in [-0.39, 0.29) is 11.7 Å². The molecule has 2 nitrogen and oxygen atoms in total. The number of Topliss-reactive ketones (excluding diaryl/α,β-unsaturated/α-hetero) is 1.